The highest BCUT2D eigenvalue weighted by atomic mass is 35.5. The SMILES string of the molecule is O=C(CCCCCNC(=O)c1ccccc1Cl)N/N=C\c1c[nH]c2ccccc12. The van der Waals surface area contributed by atoms with E-state index in [2.05, 4.69) is 20.8 Å². The number of H-pyrrole nitrogens is 1. The van der Waals surface area contributed by atoms with Gasteiger partial charge in [-0.25, -0.2) is 5.43 Å². The van der Waals surface area contributed by atoms with Crippen molar-refractivity contribution < 1.29 is 9.59 Å². The second-order valence-corrected chi connectivity index (χ2v) is 7.04. The van der Waals surface area contributed by atoms with Crippen LogP contribution in [0.2, 0.25) is 5.02 Å². The van der Waals surface area contributed by atoms with E-state index < -0.39 is 0 Å². The maximum atomic E-state index is 12.0. The third-order valence-electron chi connectivity index (χ3n) is 4.50. The highest BCUT2D eigenvalue weighted by Crippen LogP contribution is 2.16. The Balaban J connectivity index is 1.30. The number of carbonyl (C=O) groups excluding carboxylic acids is 2. The van der Waals surface area contributed by atoms with Crippen LogP contribution in [0, 0.1) is 0 Å². The van der Waals surface area contributed by atoms with Crippen molar-refractivity contribution in [3.63, 3.8) is 0 Å². The zero-order chi connectivity index (χ0) is 20.5. The maximum Gasteiger partial charge on any atom is 0.252 e. The number of carbonyl (C=O) groups is 2. The molecular weight excluding hydrogens is 388 g/mol. The summed E-state index contributed by atoms with van der Waals surface area (Å²) >= 11 is 6.00. The summed E-state index contributed by atoms with van der Waals surface area (Å²) in [6.07, 6.45) is 6.25. The number of hydrogen-bond donors (Lipinski definition) is 3. The van der Waals surface area contributed by atoms with E-state index in [1.807, 2.05) is 30.5 Å². The summed E-state index contributed by atoms with van der Waals surface area (Å²) in [5.41, 5.74) is 4.98. The van der Waals surface area contributed by atoms with Crippen LogP contribution in [-0.4, -0.2) is 29.6 Å². The Kier molecular flexibility index (Phi) is 7.41. The Morgan fingerprint density at radius 2 is 1.83 bits per heavy atom. The van der Waals surface area contributed by atoms with Crippen LogP contribution in [0.3, 0.4) is 0 Å². The summed E-state index contributed by atoms with van der Waals surface area (Å²) in [7, 11) is 0. The minimum Gasteiger partial charge on any atom is -0.361 e. The zero-order valence-electron chi connectivity index (χ0n) is 16.0. The largest absolute Gasteiger partial charge is 0.361 e. The first-order valence-corrected chi connectivity index (χ1v) is 9.93. The molecule has 3 rings (SSSR count). The standard InChI is InChI=1S/C22H23ClN4O2/c23-19-10-5-3-9-18(19)22(29)24-13-7-1-2-12-21(28)27-26-15-16-14-25-20-11-6-4-8-17(16)20/h3-6,8-11,14-15,25H,1-2,7,12-13H2,(H,24,29)(H,27,28)/b26-15-. The molecule has 150 valence electrons. The van der Waals surface area contributed by atoms with Gasteiger partial charge in [0.2, 0.25) is 5.91 Å². The number of fused-ring (bicyclic) bond motifs is 1. The van der Waals surface area contributed by atoms with Crippen molar-refractivity contribution in [2.45, 2.75) is 25.7 Å². The molecule has 1 heterocycles. The van der Waals surface area contributed by atoms with Gasteiger partial charge in [-0.2, -0.15) is 5.10 Å². The lowest BCUT2D eigenvalue weighted by molar-refractivity contribution is -0.121. The molecule has 3 N–H and O–H groups in total. The summed E-state index contributed by atoms with van der Waals surface area (Å²) in [5, 5.41) is 8.37. The molecule has 7 heteroatoms. The van der Waals surface area contributed by atoms with Crippen LogP contribution in [0.4, 0.5) is 0 Å². The van der Waals surface area contributed by atoms with Crippen molar-refractivity contribution in [2.24, 2.45) is 5.10 Å². The fourth-order valence-electron chi connectivity index (χ4n) is 2.96. The van der Waals surface area contributed by atoms with Crippen molar-refractivity contribution in [1.29, 1.82) is 0 Å². The molecule has 0 aliphatic rings. The number of benzene rings is 2. The number of aromatic amines is 1. The second kappa shape index (κ2) is 10.4. The predicted octanol–water partition coefficient (Wildman–Crippen LogP) is 4.26. The Morgan fingerprint density at radius 3 is 2.69 bits per heavy atom. The first-order chi connectivity index (χ1) is 14.1. The molecule has 2 aromatic carbocycles. The molecular formula is C22H23ClN4O2. The van der Waals surface area contributed by atoms with Crippen molar-refractivity contribution in [2.75, 3.05) is 6.54 Å². The van der Waals surface area contributed by atoms with Gasteiger partial charge in [0.25, 0.3) is 5.91 Å². The lowest BCUT2D eigenvalue weighted by Gasteiger charge is -2.06. The highest BCUT2D eigenvalue weighted by Gasteiger charge is 2.08. The average Bonchev–Trinajstić information content (AvgIpc) is 3.14. The third-order valence-corrected chi connectivity index (χ3v) is 4.83. The van der Waals surface area contributed by atoms with E-state index in [4.69, 9.17) is 11.6 Å². The molecule has 0 aliphatic carbocycles. The Hall–Kier alpha value is -3.12. The molecule has 0 fully saturated rings. The van der Waals surface area contributed by atoms with Crippen LogP contribution in [0.5, 0.6) is 0 Å². The van der Waals surface area contributed by atoms with Crippen LogP contribution < -0.4 is 10.7 Å². The monoisotopic (exact) mass is 410 g/mol. The van der Waals surface area contributed by atoms with Crippen LogP contribution in [0.1, 0.15) is 41.6 Å². The van der Waals surface area contributed by atoms with E-state index in [9.17, 15) is 9.59 Å². The number of nitrogens with one attached hydrogen (secondary N) is 3. The van der Waals surface area contributed by atoms with E-state index in [-0.39, 0.29) is 11.8 Å². The molecule has 0 saturated carbocycles. The van der Waals surface area contributed by atoms with E-state index >= 15 is 0 Å². The summed E-state index contributed by atoms with van der Waals surface area (Å²) < 4.78 is 0. The number of amides is 2. The van der Waals surface area contributed by atoms with E-state index in [0.717, 1.165) is 35.7 Å². The summed E-state index contributed by atoms with van der Waals surface area (Å²) in [4.78, 5) is 27.1. The average molecular weight is 411 g/mol. The van der Waals surface area contributed by atoms with Crippen LogP contribution in [0.15, 0.2) is 59.8 Å². The van der Waals surface area contributed by atoms with Gasteiger partial charge in [0, 0.05) is 35.6 Å². The van der Waals surface area contributed by atoms with Crippen LogP contribution >= 0.6 is 11.6 Å². The Bertz CT molecular complexity index is 1010. The van der Waals surface area contributed by atoms with Crippen molar-refractivity contribution in [3.05, 3.63) is 70.9 Å². The molecule has 0 bridgehead atoms. The van der Waals surface area contributed by atoms with Gasteiger partial charge >= 0.3 is 0 Å². The molecule has 29 heavy (non-hydrogen) atoms. The van der Waals surface area contributed by atoms with Gasteiger partial charge in [-0.05, 0) is 31.0 Å². The third kappa shape index (κ3) is 5.93. The normalized spacial score (nSPS) is 11.1. The van der Waals surface area contributed by atoms with Gasteiger partial charge in [-0.1, -0.05) is 48.4 Å². The van der Waals surface area contributed by atoms with Gasteiger partial charge in [-0.15, -0.1) is 0 Å². The van der Waals surface area contributed by atoms with Gasteiger partial charge in [0.15, 0.2) is 0 Å². The lowest BCUT2D eigenvalue weighted by atomic mass is 10.1. The predicted molar refractivity (Wildman–Crippen MR) is 116 cm³/mol. The minimum atomic E-state index is -0.181. The number of hydrogen-bond acceptors (Lipinski definition) is 3. The summed E-state index contributed by atoms with van der Waals surface area (Å²) in [6, 6.07) is 14.9. The van der Waals surface area contributed by atoms with E-state index in [1.165, 1.54) is 0 Å². The fourth-order valence-corrected chi connectivity index (χ4v) is 3.18. The number of hydrazone groups is 1. The molecule has 0 radical (unpaired) electrons. The number of rotatable bonds is 9. The first kappa shape index (κ1) is 20.6. The maximum absolute atomic E-state index is 12.0. The molecule has 0 spiro atoms. The van der Waals surface area contributed by atoms with Crippen LogP contribution in [0.25, 0.3) is 10.9 Å². The van der Waals surface area contributed by atoms with Crippen molar-refractivity contribution >= 4 is 40.5 Å². The quantitative estimate of drug-likeness (QED) is 0.279. The van der Waals surface area contributed by atoms with Crippen LogP contribution in [-0.2, 0) is 4.79 Å². The first-order valence-electron chi connectivity index (χ1n) is 9.56. The molecule has 0 saturated heterocycles. The number of nitrogens with zero attached hydrogens (tertiary/aromatic N) is 1. The molecule has 6 nitrogen and oxygen atoms in total. The summed E-state index contributed by atoms with van der Waals surface area (Å²) in [6.45, 7) is 0.546. The smallest absolute Gasteiger partial charge is 0.252 e. The zero-order valence-corrected chi connectivity index (χ0v) is 16.7. The number of aromatic nitrogens is 1. The molecule has 0 atom stereocenters. The lowest BCUT2D eigenvalue weighted by Crippen LogP contribution is -2.24. The van der Waals surface area contributed by atoms with Gasteiger partial charge in [0.1, 0.15) is 0 Å². The van der Waals surface area contributed by atoms with Gasteiger partial charge in [0.05, 0.1) is 16.8 Å². The molecule has 0 unspecified atom stereocenters. The Labute approximate surface area is 174 Å². The Morgan fingerprint density at radius 1 is 1.03 bits per heavy atom. The summed E-state index contributed by atoms with van der Waals surface area (Å²) in [5.74, 6) is -0.304. The number of unbranched alkanes of at least 4 members (excludes halogenated alkanes) is 2. The number of halogens is 1. The van der Waals surface area contributed by atoms with Crippen molar-refractivity contribution in [3.8, 4) is 0 Å². The highest BCUT2D eigenvalue weighted by molar-refractivity contribution is 6.33. The molecule has 1 aromatic heterocycles. The van der Waals surface area contributed by atoms with E-state index in [0.29, 0.717) is 23.6 Å². The number of para-hydroxylation sites is 1. The van der Waals surface area contributed by atoms with Gasteiger partial charge in [-0.3, -0.25) is 9.59 Å². The molecule has 3 aromatic rings. The van der Waals surface area contributed by atoms with Gasteiger partial charge < -0.3 is 10.3 Å². The van der Waals surface area contributed by atoms with Crippen molar-refractivity contribution in [1.82, 2.24) is 15.7 Å². The molecule has 2 amide bonds. The van der Waals surface area contributed by atoms with E-state index in [1.54, 1.807) is 30.5 Å². The fraction of sp³-hybridized carbons (Fsp3) is 0.227. The molecule has 0 aliphatic heterocycles. The topological polar surface area (TPSA) is 86.3 Å². The second-order valence-electron chi connectivity index (χ2n) is 6.63. The minimum absolute atomic E-state index is 0.124.